The van der Waals surface area contributed by atoms with Gasteiger partial charge in [0.05, 0.1) is 0 Å². The summed E-state index contributed by atoms with van der Waals surface area (Å²) in [4.78, 5) is 38.3. The summed E-state index contributed by atoms with van der Waals surface area (Å²) in [5.41, 5.74) is 0. The van der Waals surface area contributed by atoms with E-state index < -0.39 is 6.10 Å². The van der Waals surface area contributed by atoms with Crippen molar-refractivity contribution in [3.8, 4) is 0 Å². The van der Waals surface area contributed by atoms with E-state index in [4.69, 9.17) is 14.2 Å². The maximum absolute atomic E-state index is 12.9. The SMILES string of the molecule is CC/C=C\C/C=C\C/C=C\C/C=C\CCCCCCCCCCC(=O)OC(COC(=O)CCCCCCC/C=C\CCC)COC(=O)CCCCCCCCCCCCCCCCCCCCCCCCCCCCCCCCCCCC. The van der Waals surface area contributed by atoms with Crippen molar-refractivity contribution < 1.29 is 28.6 Å². The molecule has 0 saturated carbocycles. The molecular weight excluding hydrogens is 1020 g/mol. The van der Waals surface area contributed by atoms with Gasteiger partial charge >= 0.3 is 17.9 Å². The van der Waals surface area contributed by atoms with Gasteiger partial charge in [0.2, 0.25) is 0 Å². The first kappa shape index (κ1) is 80.1. The van der Waals surface area contributed by atoms with Crippen molar-refractivity contribution in [1.29, 1.82) is 0 Å². The predicted octanol–water partition coefficient (Wildman–Crippen LogP) is 25.5. The topological polar surface area (TPSA) is 78.9 Å². The average Bonchev–Trinajstić information content (AvgIpc) is 3.49. The molecule has 0 heterocycles. The van der Waals surface area contributed by atoms with E-state index in [9.17, 15) is 14.4 Å². The third kappa shape index (κ3) is 69.8. The molecular formula is C77H140O6. The molecule has 0 spiro atoms. The van der Waals surface area contributed by atoms with Gasteiger partial charge in [0.25, 0.3) is 0 Å². The molecule has 0 aliphatic carbocycles. The fourth-order valence-corrected chi connectivity index (χ4v) is 11.0. The zero-order valence-corrected chi connectivity index (χ0v) is 55.7. The van der Waals surface area contributed by atoms with E-state index in [0.717, 1.165) is 103 Å². The lowest BCUT2D eigenvalue weighted by atomic mass is 10.0. The normalized spacial score (nSPS) is 12.4. The molecule has 0 aromatic rings. The Balaban J connectivity index is 4.06. The van der Waals surface area contributed by atoms with Crippen LogP contribution in [0, 0.1) is 0 Å². The van der Waals surface area contributed by atoms with E-state index in [1.54, 1.807) is 0 Å². The molecule has 0 saturated heterocycles. The second-order valence-electron chi connectivity index (χ2n) is 24.8. The molecule has 0 aliphatic rings. The monoisotopic (exact) mass is 1160 g/mol. The molecule has 6 nitrogen and oxygen atoms in total. The molecule has 484 valence electrons. The molecule has 6 heteroatoms. The van der Waals surface area contributed by atoms with Crippen LogP contribution in [0.4, 0.5) is 0 Å². The Hall–Kier alpha value is -2.89. The Bertz CT molecular complexity index is 1470. The molecule has 0 aromatic carbocycles. The second-order valence-corrected chi connectivity index (χ2v) is 24.8. The summed E-state index contributed by atoms with van der Waals surface area (Å²) in [6.07, 6.45) is 92.9. The Kier molecular flexibility index (Phi) is 69.1. The largest absolute Gasteiger partial charge is 0.462 e. The van der Waals surface area contributed by atoms with Gasteiger partial charge in [0, 0.05) is 19.3 Å². The van der Waals surface area contributed by atoms with E-state index >= 15 is 0 Å². The number of allylic oxidation sites excluding steroid dienone is 10. The van der Waals surface area contributed by atoms with Gasteiger partial charge in [-0.05, 0) is 77.0 Å². The Morgan fingerprint density at radius 3 is 0.795 bits per heavy atom. The van der Waals surface area contributed by atoms with E-state index in [1.807, 2.05) is 0 Å². The molecule has 1 unspecified atom stereocenters. The highest BCUT2D eigenvalue weighted by molar-refractivity contribution is 5.71. The Morgan fingerprint density at radius 1 is 0.253 bits per heavy atom. The summed E-state index contributed by atoms with van der Waals surface area (Å²) in [5.74, 6) is -0.876. The van der Waals surface area contributed by atoms with Gasteiger partial charge < -0.3 is 14.2 Å². The molecule has 0 amide bonds. The number of ether oxygens (including phenoxy) is 3. The van der Waals surface area contributed by atoms with E-state index in [0.29, 0.717) is 19.3 Å². The summed E-state index contributed by atoms with van der Waals surface area (Å²) < 4.78 is 16.9. The van der Waals surface area contributed by atoms with Crippen LogP contribution in [-0.2, 0) is 28.6 Å². The van der Waals surface area contributed by atoms with Crippen molar-refractivity contribution in [3.63, 3.8) is 0 Å². The van der Waals surface area contributed by atoms with E-state index in [-0.39, 0.29) is 31.1 Å². The maximum atomic E-state index is 12.9. The van der Waals surface area contributed by atoms with Crippen molar-refractivity contribution >= 4 is 17.9 Å². The van der Waals surface area contributed by atoms with Crippen LogP contribution >= 0.6 is 0 Å². The minimum atomic E-state index is -0.782. The minimum Gasteiger partial charge on any atom is -0.462 e. The van der Waals surface area contributed by atoms with Crippen LogP contribution in [-0.4, -0.2) is 37.2 Å². The number of rotatable bonds is 68. The fraction of sp³-hybridized carbons (Fsp3) is 0.831. The molecule has 1 atom stereocenters. The first-order chi connectivity index (χ1) is 41.0. The van der Waals surface area contributed by atoms with Crippen molar-refractivity contribution in [1.82, 2.24) is 0 Å². The first-order valence-corrected chi connectivity index (χ1v) is 36.8. The number of carbonyl (C=O) groups is 3. The van der Waals surface area contributed by atoms with Gasteiger partial charge in [-0.3, -0.25) is 14.4 Å². The Morgan fingerprint density at radius 2 is 0.494 bits per heavy atom. The standard InChI is InChI=1S/C77H140O6/c1-4-7-10-13-16-19-22-24-26-28-30-32-33-34-35-36-37-38-39-40-41-42-43-44-46-47-49-51-53-55-58-61-64-67-70-76(79)82-73-74(72-81-75(78)69-66-63-60-57-21-18-15-12-9-6-3)83-77(80)71-68-65-62-59-56-54-52-50-48-45-31-29-27-25-23-20-17-14-11-8-5-2/h8,11-12,15,17,20,25,27,31,45,74H,4-7,9-10,13-14,16,18-19,21-24,26,28-30,32-44,46-73H2,1-3H3/b11-8-,15-12-,20-17-,27-25-,45-31-. The smallest absolute Gasteiger partial charge is 0.306 e. The van der Waals surface area contributed by atoms with Crippen LogP contribution in [0.5, 0.6) is 0 Å². The van der Waals surface area contributed by atoms with Crippen LogP contribution in [0.3, 0.4) is 0 Å². The number of carbonyl (C=O) groups excluding carboxylic acids is 3. The highest BCUT2D eigenvalue weighted by atomic mass is 16.6. The van der Waals surface area contributed by atoms with Crippen LogP contribution in [0.2, 0.25) is 0 Å². The fourth-order valence-electron chi connectivity index (χ4n) is 11.0. The quantitative estimate of drug-likeness (QED) is 0.0261. The number of esters is 3. The highest BCUT2D eigenvalue weighted by Crippen LogP contribution is 2.19. The summed E-state index contributed by atoms with van der Waals surface area (Å²) in [6, 6.07) is 0. The van der Waals surface area contributed by atoms with E-state index in [2.05, 4.69) is 81.5 Å². The molecule has 0 rings (SSSR count). The average molecular weight is 1160 g/mol. The lowest BCUT2D eigenvalue weighted by Gasteiger charge is -2.18. The van der Waals surface area contributed by atoms with Gasteiger partial charge in [0.15, 0.2) is 6.10 Å². The third-order valence-corrected chi connectivity index (χ3v) is 16.5. The lowest BCUT2D eigenvalue weighted by molar-refractivity contribution is -0.167. The summed E-state index contributed by atoms with van der Waals surface area (Å²) >= 11 is 0. The summed E-state index contributed by atoms with van der Waals surface area (Å²) in [6.45, 7) is 6.51. The zero-order valence-electron chi connectivity index (χ0n) is 55.7. The molecule has 0 N–H and O–H groups in total. The van der Waals surface area contributed by atoms with Gasteiger partial charge in [-0.1, -0.05) is 358 Å². The van der Waals surface area contributed by atoms with Gasteiger partial charge in [-0.25, -0.2) is 0 Å². The molecule has 0 radical (unpaired) electrons. The van der Waals surface area contributed by atoms with Crippen molar-refractivity contribution in [2.24, 2.45) is 0 Å². The van der Waals surface area contributed by atoms with Gasteiger partial charge in [-0.15, -0.1) is 0 Å². The van der Waals surface area contributed by atoms with Crippen molar-refractivity contribution in [2.45, 2.75) is 399 Å². The number of hydrogen-bond donors (Lipinski definition) is 0. The van der Waals surface area contributed by atoms with E-state index in [1.165, 1.54) is 250 Å². The lowest BCUT2D eigenvalue weighted by Crippen LogP contribution is -2.30. The molecule has 0 fully saturated rings. The Labute approximate surface area is 517 Å². The maximum Gasteiger partial charge on any atom is 0.306 e. The second kappa shape index (κ2) is 71.6. The van der Waals surface area contributed by atoms with Crippen molar-refractivity contribution in [2.75, 3.05) is 13.2 Å². The van der Waals surface area contributed by atoms with Crippen LogP contribution in [0.25, 0.3) is 0 Å². The van der Waals surface area contributed by atoms with Crippen molar-refractivity contribution in [3.05, 3.63) is 60.8 Å². The molecule has 0 aromatic heterocycles. The zero-order chi connectivity index (χ0) is 59.9. The number of hydrogen-bond acceptors (Lipinski definition) is 6. The third-order valence-electron chi connectivity index (χ3n) is 16.5. The van der Waals surface area contributed by atoms with Crippen LogP contribution in [0.1, 0.15) is 393 Å². The highest BCUT2D eigenvalue weighted by Gasteiger charge is 2.19. The minimum absolute atomic E-state index is 0.0769. The van der Waals surface area contributed by atoms with Gasteiger partial charge in [0.1, 0.15) is 13.2 Å². The molecule has 0 bridgehead atoms. The summed E-state index contributed by atoms with van der Waals surface area (Å²) in [5, 5.41) is 0. The molecule has 83 heavy (non-hydrogen) atoms. The van der Waals surface area contributed by atoms with Crippen LogP contribution in [0.15, 0.2) is 60.8 Å². The predicted molar refractivity (Wildman–Crippen MR) is 362 cm³/mol. The van der Waals surface area contributed by atoms with Crippen LogP contribution < -0.4 is 0 Å². The molecule has 0 aliphatic heterocycles. The number of unbranched alkanes of at least 4 members (excludes halogenated alkanes) is 47. The first-order valence-electron chi connectivity index (χ1n) is 36.8. The van der Waals surface area contributed by atoms with Gasteiger partial charge in [-0.2, -0.15) is 0 Å². The summed E-state index contributed by atoms with van der Waals surface area (Å²) in [7, 11) is 0.